The first-order valence-corrected chi connectivity index (χ1v) is 13.0. The van der Waals surface area contributed by atoms with Crippen molar-refractivity contribution in [1.29, 1.82) is 0 Å². The standard InChI is InChI=1S/C25H24F2NO4S2/c1-28(13-14-8-15(26)10-16(27)9-14)18-11-17(12-19(28)23-22(18)32-23)31-24(29)25(30,20-4-2-6-33-20)21-5-3-7-34-21/h2-10,17-19,22-23,30H,11-13H2,1H3/q+1. The normalized spacial score (nSPS) is 31.8. The van der Waals surface area contributed by atoms with E-state index in [4.69, 9.17) is 9.47 Å². The number of likely N-dealkylation sites (N-methyl/N-ethyl adjacent to an activating group) is 1. The molecule has 178 valence electrons. The number of benzene rings is 1. The summed E-state index contributed by atoms with van der Waals surface area (Å²) in [4.78, 5) is 14.5. The lowest BCUT2D eigenvalue weighted by molar-refractivity contribution is -0.968. The van der Waals surface area contributed by atoms with Crippen molar-refractivity contribution in [3.05, 3.63) is 80.2 Å². The van der Waals surface area contributed by atoms with Crippen LogP contribution in [0.5, 0.6) is 0 Å². The lowest BCUT2D eigenvalue weighted by Gasteiger charge is -2.48. The van der Waals surface area contributed by atoms with Gasteiger partial charge in [0.05, 0.1) is 16.8 Å². The van der Waals surface area contributed by atoms with Crippen molar-refractivity contribution in [2.24, 2.45) is 0 Å². The predicted octanol–water partition coefficient (Wildman–Crippen LogP) is 4.19. The van der Waals surface area contributed by atoms with Gasteiger partial charge in [-0.3, -0.25) is 0 Å². The summed E-state index contributed by atoms with van der Waals surface area (Å²) in [7, 11) is 2.10. The molecule has 3 fully saturated rings. The Balaban J connectivity index is 1.23. The van der Waals surface area contributed by atoms with Crippen LogP contribution in [0, 0.1) is 11.6 Å². The average Bonchev–Trinajstić information content (AvgIpc) is 3.13. The van der Waals surface area contributed by atoms with E-state index in [1.54, 1.807) is 24.3 Å². The van der Waals surface area contributed by atoms with Crippen LogP contribution in [0.2, 0.25) is 0 Å². The quantitative estimate of drug-likeness (QED) is 0.311. The molecule has 34 heavy (non-hydrogen) atoms. The van der Waals surface area contributed by atoms with Crippen molar-refractivity contribution in [2.75, 3.05) is 7.05 Å². The molecule has 0 amide bonds. The van der Waals surface area contributed by atoms with Crippen molar-refractivity contribution in [3.63, 3.8) is 0 Å². The van der Waals surface area contributed by atoms with Gasteiger partial charge in [-0.2, -0.15) is 0 Å². The second-order valence-corrected chi connectivity index (χ2v) is 11.5. The molecule has 3 saturated heterocycles. The molecule has 1 N–H and O–H groups in total. The minimum Gasteiger partial charge on any atom is -0.459 e. The van der Waals surface area contributed by atoms with Crippen molar-refractivity contribution in [1.82, 2.24) is 0 Å². The average molecular weight is 505 g/mol. The molecule has 1 aromatic carbocycles. The third kappa shape index (κ3) is 3.45. The predicted molar refractivity (Wildman–Crippen MR) is 123 cm³/mol. The molecule has 5 nitrogen and oxygen atoms in total. The van der Waals surface area contributed by atoms with E-state index in [1.807, 2.05) is 10.8 Å². The molecule has 3 aliphatic rings. The molecule has 2 bridgehead atoms. The van der Waals surface area contributed by atoms with Crippen LogP contribution in [0.4, 0.5) is 8.78 Å². The zero-order valence-electron chi connectivity index (χ0n) is 18.4. The maximum Gasteiger partial charge on any atom is 0.349 e. The highest BCUT2D eigenvalue weighted by Gasteiger charge is 2.72. The number of epoxide rings is 1. The van der Waals surface area contributed by atoms with E-state index in [1.165, 1.54) is 34.8 Å². The van der Waals surface area contributed by atoms with E-state index in [-0.39, 0.29) is 30.4 Å². The molecule has 0 aliphatic carbocycles. The van der Waals surface area contributed by atoms with Crippen LogP contribution in [0.1, 0.15) is 28.2 Å². The SMILES string of the molecule is C[N+]1(Cc2cc(F)cc(F)c2)C2CC(OC(=O)C(O)(c3cccs3)c3cccs3)CC1C1OC12. The molecule has 0 spiro atoms. The Kier molecular flexibility index (Phi) is 5.20. The topological polar surface area (TPSA) is 59.1 Å². The van der Waals surface area contributed by atoms with Gasteiger partial charge in [-0.1, -0.05) is 12.1 Å². The second-order valence-electron chi connectivity index (χ2n) is 9.65. The van der Waals surface area contributed by atoms with E-state index in [2.05, 4.69) is 7.05 Å². The molecular formula is C25H24F2NO4S2+. The minimum atomic E-state index is -1.84. The van der Waals surface area contributed by atoms with Crippen LogP contribution in [0.15, 0.2) is 53.2 Å². The zero-order valence-corrected chi connectivity index (χ0v) is 20.0. The third-order valence-corrected chi connectivity index (χ3v) is 9.57. The first-order valence-electron chi connectivity index (χ1n) is 11.3. The Hall–Kier alpha value is -2.17. The number of nitrogens with zero attached hydrogens (tertiary/aromatic N) is 1. The van der Waals surface area contributed by atoms with Crippen molar-refractivity contribution >= 4 is 28.6 Å². The second kappa shape index (κ2) is 7.93. The summed E-state index contributed by atoms with van der Waals surface area (Å²) < 4.78 is 40.1. The number of ether oxygens (including phenoxy) is 2. The van der Waals surface area contributed by atoms with Gasteiger partial charge in [-0.25, -0.2) is 13.6 Å². The van der Waals surface area contributed by atoms with Crippen molar-refractivity contribution in [3.8, 4) is 0 Å². The van der Waals surface area contributed by atoms with Gasteiger partial charge < -0.3 is 19.1 Å². The van der Waals surface area contributed by atoms with Gasteiger partial charge in [0.1, 0.15) is 48.6 Å². The number of rotatable bonds is 6. The fourth-order valence-electron chi connectivity index (χ4n) is 6.01. The van der Waals surface area contributed by atoms with Crippen LogP contribution in [-0.2, 0) is 26.4 Å². The molecule has 4 unspecified atom stereocenters. The third-order valence-electron chi connectivity index (χ3n) is 7.61. The number of quaternary nitrogens is 1. The summed E-state index contributed by atoms with van der Waals surface area (Å²) in [5.74, 6) is -1.83. The Morgan fingerprint density at radius 3 is 2.15 bits per heavy atom. The highest BCUT2D eigenvalue weighted by atomic mass is 32.1. The fourth-order valence-corrected chi connectivity index (χ4v) is 7.73. The number of hydrogen-bond donors (Lipinski definition) is 1. The number of morpholine rings is 1. The summed E-state index contributed by atoms with van der Waals surface area (Å²) in [6.45, 7) is 0.482. The van der Waals surface area contributed by atoms with Crippen LogP contribution in [0.25, 0.3) is 0 Å². The molecule has 0 radical (unpaired) electrons. The molecule has 5 heterocycles. The van der Waals surface area contributed by atoms with Gasteiger partial charge in [0.25, 0.3) is 0 Å². The number of fused-ring (bicyclic) bond motifs is 5. The number of hydrogen-bond acceptors (Lipinski definition) is 6. The van der Waals surface area contributed by atoms with Crippen LogP contribution < -0.4 is 0 Å². The highest BCUT2D eigenvalue weighted by molar-refractivity contribution is 7.12. The molecule has 9 heteroatoms. The fraction of sp³-hybridized carbons (Fsp3) is 0.400. The summed E-state index contributed by atoms with van der Waals surface area (Å²) in [5.41, 5.74) is -1.23. The van der Waals surface area contributed by atoms with Crippen molar-refractivity contribution in [2.45, 2.75) is 55.4 Å². The highest BCUT2D eigenvalue weighted by Crippen LogP contribution is 2.54. The molecule has 2 aromatic heterocycles. The van der Waals surface area contributed by atoms with E-state index >= 15 is 0 Å². The summed E-state index contributed by atoms with van der Waals surface area (Å²) in [6.07, 6.45) is 0.905. The largest absolute Gasteiger partial charge is 0.459 e. The van der Waals surface area contributed by atoms with Crippen LogP contribution >= 0.6 is 22.7 Å². The number of aliphatic hydroxyl groups is 1. The lowest BCUT2D eigenvalue weighted by Crippen LogP contribution is -2.62. The van der Waals surface area contributed by atoms with Gasteiger partial charge in [0.15, 0.2) is 0 Å². The molecule has 4 atom stereocenters. The zero-order chi connectivity index (χ0) is 23.7. The van der Waals surface area contributed by atoms with Gasteiger partial charge in [-0.05, 0) is 35.0 Å². The van der Waals surface area contributed by atoms with E-state index < -0.39 is 23.2 Å². The Labute approximate surface area is 203 Å². The number of piperidine rings is 1. The minimum absolute atomic E-state index is 0.0458. The Morgan fingerprint density at radius 2 is 1.65 bits per heavy atom. The number of carbonyl (C=O) groups is 1. The number of esters is 1. The summed E-state index contributed by atoms with van der Waals surface area (Å²) >= 11 is 2.63. The molecule has 0 saturated carbocycles. The maximum atomic E-state index is 13.8. The first kappa shape index (κ1) is 22.3. The Morgan fingerprint density at radius 1 is 1.09 bits per heavy atom. The van der Waals surface area contributed by atoms with E-state index in [0.717, 1.165) is 6.07 Å². The maximum absolute atomic E-state index is 13.8. The van der Waals surface area contributed by atoms with Crippen LogP contribution in [-0.4, -0.2) is 53.0 Å². The monoisotopic (exact) mass is 504 g/mol. The molecule has 3 aliphatic heterocycles. The first-order chi connectivity index (χ1) is 16.3. The van der Waals surface area contributed by atoms with Gasteiger partial charge >= 0.3 is 5.97 Å². The number of thiophene rings is 2. The summed E-state index contributed by atoms with van der Waals surface area (Å²) in [6, 6.07) is 10.8. The molecule has 6 rings (SSSR count). The van der Waals surface area contributed by atoms with Gasteiger partial charge in [0, 0.05) is 24.5 Å². The molecular weight excluding hydrogens is 480 g/mol. The van der Waals surface area contributed by atoms with Gasteiger partial charge in [0.2, 0.25) is 5.60 Å². The van der Waals surface area contributed by atoms with E-state index in [0.29, 0.717) is 39.2 Å². The van der Waals surface area contributed by atoms with Crippen LogP contribution in [0.3, 0.4) is 0 Å². The van der Waals surface area contributed by atoms with Crippen molar-refractivity contribution < 1.29 is 32.6 Å². The Bertz CT molecular complexity index is 1140. The number of carbonyl (C=O) groups excluding carboxylic acids is 1. The smallest absolute Gasteiger partial charge is 0.349 e. The number of halogens is 2. The summed E-state index contributed by atoms with van der Waals surface area (Å²) in [5, 5.41) is 15.2. The van der Waals surface area contributed by atoms with E-state index in [9.17, 15) is 18.7 Å². The van der Waals surface area contributed by atoms with Gasteiger partial charge in [-0.15, -0.1) is 22.7 Å². The molecule has 3 aromatic rings. The lowest BCUT2D eigenvalue weighted by atomic mass is 9.93.